The summed E-state index contributed by atoms with van der Waals surface area (Å²) in [6.07, 6.45) is 4.65. The van der Waals surface area contributed by atoms with Crippen molar-refractivity contribution in [2.75, 3.05) is 13.1 Å². The normalized spacial score (nSPS) is 36.0. The third-order valence-electron chi connectivity index (χ3n) is 5.85. The minimum absolute atomic E-state index is 0.132. The monoisotopic (exact) mass is 330 g/mol. The quantitative estimate of drug-likeness (QED) is 0.835. The molecule has 1 amide bonds. The second kappa shape index (κ2) is 7.01. The molecule has 1 saturated heterocycles. The van der Waals surface area contributed by atoms with Crippen LogP contribution < -0.4 is 5.32 Å². The third-order valence-corrected chi connectivity index (χ3v) is 5.85. The van der Waals surface area contributed by atoms with Crippen LogP contribution in [0.1, 0.15) is 57.8 Å². The molecule has 0 aromatic carbocycles. The van der Waals surface area contributed by atoms with Gasteiger partial charge in [0.15, 0.2) is 0 Å². The van der Waals surface area contributed by atoms with E-state index in [4.69, 9.17) is 0 Å². The summed E-state index contributed by atoms with van der Waals surface area (Å²) in [6, 6.07) is -0.100. The molecule has 0 aromatic heterocycles. The molecule has 132 valence electrons. The van der Waals surface area contributed by atoms with Gasteiger partial charge in [0, 0.05) is 24.8 Å². The fourth-order valence-corrected chi connectivity index (χ4v) is 4.39. The van der Waals surface area contributed by atoms with Gasteiger partial charge in [-0.15, -0.1) is 0 Å². The van der Waals surface area contributed by atoms with Crippen molar-refractivity contribution >= 4 is 5.91 Å². The molecule has 2 aliphatic carbocycles. The van der Waals surface area contributed by atoms with Crippen LogP contribution in [0.5, 0.6) is 0 Å². The summed E-state index contributed by atoms with van der Waals surface area (Å²) < 4.78 is 26.4. The fraction of sp³-hybridized carbons (Fsp3) is 0.941. The molecule has 0 spiro atoms. The van der Waals surface area contributed by atoms with Crippen LogP contribution in [0.25, 0.3) is 0 Å². The first kappa shape index (κ1) is 17.1. The van der Waals surface area contributed by atoms with E-state index in [1.807, 2.05) is 0 Å². The molecule has 3 fully saturated rings. The molecule has 3 rings (SSSR count). The van der Waals surface area contributed by atoms with Crippen LogP contribution in [0, 0.1) is 5.92 Å². The third kappa shape index (κ3) is 4.02. The maximum Gasteiger partial charge on any atom is 0.248 e. The largest absolute Gasteiger partial charge is 0.389 e. The van der Waals surface area contributed by atoms with Gasteiger partial charge in [0.05, 0.1) is 12.1 Å². The molecule has 0 unspecified atom stereocenters. The van der Waals surface area contributed by atoms with Crippen molar-refractivity contribution in [1.29, 1.82) is 0 Å². The summed E-state index contributed by atoms with van der Waals surface area (Å²) in [5.74, 6) is -3.08. The zero-order valence-electron chi connectivity index (χ0n) is 13.6. The van der Waals surface area contributed by atoms with Gasteiger partial charge in [0.2, 0.25) is 11.8 Å². The van der Waals surface area contributed by atoms with Crippen molar-refractivity contribution in [3.8, 4) is 0 Å². The first-order chi connectivity index (χ1) is 11.0. The molecule has 1 aliphatic heterocycles. The minimum atomic E-state index is -2.61. The molecule has 1 heterocycles. The molecule has 4 nitrogen and oxygen atoms in total. The van der Waals surface area contributed by atoms with Crippen LogP contribution in [0.15, 0.2) is 0 Å². The number of carbonyl (C=O) groups excluding carboxylic acids is 1. The number of hydrogen-bond donors (Lipinski definition) is 2. The van der Waals surface area contributed by atoms with Crippen LogP contribution in [-0.4, -0.2) is 53.1 Å². The van der Waals surface area contributed by atoms with E-state index >= 15 is 0 Å². The van der Waals surface area contributed by atoms with E-state index in [-0.39, 0.29) is 49.6 Å². The lowest BCUT2D eigenvalue weighted by Crippen LogP contribution is -2.57. The number of aliphatic hydroxyl groups is 1. The molecule has 0 bridgehead atoms. The van der Waals surface area contributed by atoms with Crippen molar-refractivity contribution in [3.63, 3.8) is 0 Å². The average Bonchev–Trinajstić information content (AvgIpc) is 3.03. The number of likely N-dealkylation sites (tertiary alicyclic amines) is 1. The molecule has 3 atom stereocenters. The molecule has 2 saturated carbocycles. The Balaban J connectivity index is 1.53. The van der Waals surface area contributed by atoms with Gasteiger partial charge in [0.1, 0.15) is 0 Å². The van der Waals surface area contributed by atoms with E-state index in [0.29, 0.717) is 0 Å². The molecule has 2 N–H and O–H groups in total. The van der Waals surface area contributed by atoms with E-state index in [1.165, 1.54) is 12.8 Å². The topological polar surface area (TPSA) is 52.6 Å². The van der Waals surface area contributed by atoms with Crippen molar-refractivity contribution < 1.29 is 18.7 Å². The SMILES string of the molecule is O=C(N[C@@H]1CCC[C@@H](N2CCCC2)[C@@H]1O)C1CCC(F)(F)CC1. The maximum atomic E-state index is 13.2. The van der Waals surface area contributed by atoms with Gasteiger partial charge in [-0.25, -0.2) is 8.78 Å². The van der Waals surface area contributed by atoms with E-state index in [2.05, 4.69) is 10.2 Å². The lowest BCUT2D eigenvalue weighted by atomic mass is 9.84. The number of hydrogen-bond acceptors (Lipinski definition) is 3. The highest BCUT2D eigenvalue weighted by molar-refractivity contribution is 5.79. The van der Waals surface area contributed by atoms with E-state index in [0.717, 1.165) is 32.4 Å². The van der Waals surface area contributed by atoms with Crippen LogP contribution in [0.4, 0.5) is 8.78 Å². The minimum Gasteiger partial charge on any atom is -0.389 e. The fourth-order valence-electron chi connectivity index (χ4n) is 4.39. The Morgan fingerprint density at radius 3 is 2.35 bits per heavy atom. The van der Waals surface area contributed by atoms with Gasteiger partial charge in [-0.1, -0.05) is 0 Å². The van der Waals surface area contributed by atoms with Crippen molar-refractivity contribution in [2.24, 2.45) is 5.92 Å². The highest BCUT2D eigenvalue weighted by atomic mass is 19.3. The Morgan fingerprint density at radius 2 is 1.70 bits per heavy atom. The number of amides is 1. The van der Waals surface area contributed by atoms with Crippen LogP contribution in [0.3, 0.4) is 0 Å². The summed E-state index contributed by atoms with van der Waals surface area (Å²) in [7, 11) is 0. The van der Waals surface area contributed by atoms with E-state index in [9.17, 15) is 18.7 Å². The highest BCUT2D eigenvalue weighted by Crippen LogP contribution is 2.36. The van der Waals surface area contributed by atoms with Gasteiger partial charge in [-0.3, -0.25) is 9.69 Å². The summed E-state index contributed by atoms with van der Waals surface area (Å²) >= 11 is 0. The van der Waals surface area contributed by atoms with Crippen molar-refractivity contribution in [3.05, 3.63) is 0 Å². The van der Waals surface area contributed by atoms with Crippen molar-refractivity contribution in [1.82, 2.24) is 10.2 Å². The second-order valence-corrected chi connectivity index (χ2v) is 7.48. The van der Waals surface area contributed by atoms with Crippen LogP contribution >= 0.6 is 0 Å². The van der Waals surface area contributed by atoms with Crippen LogP contribution in [0.2, 0.25) is 0 Å². The lowest BCUT2D eigenvalue weighted by molar-refractivity contribution is -0.131. The number of aliphatic hydroxyl groups excluding tert-OH is 1. The van der Waals surface area contributed by atoms with Gasteiger partial charge < -0.3 is 10.4 Å². The maximum absolute atomic E-state index is 13.2. The zero-order chi connectivity index (χ0) is 16.4. The van der Waals surface area contributed by atoms with Gasteiger partial charge in [-0.05, 0) is 58.0 Å². The Morgan fingerprint density at radius 1 is 1.04 bits per heavy atom. The van der Waals surface area contributed by atoms with Crippen LogP contribution in [-0.2, 0) is 4.79 Å². The predicted molar refractivity (Wildman–Crippen MR) is 83.3 cm³/mol. The van der Waals surface area contributed by atoms with Crippen molar-refractivity contribution in [2.45, 2.75) is 81.9 Å². The molecule has 6 heteroatoms. The Bertz CT molecular complexity index is 417. The molecule has 0 radical (unpaired) electrons. The van der Waals surface area contributed by atoms with Gasteiger partial charge >= 0.3 is 0 Å². The first-order valence-corrected chi connectivity index (χ1v) is 9.07. The number of rotatable bonds is 3. The molecular weight excluding hydrogens is 302 g/mol. The number of nitrogens with zero attached hydrogens (tertiary/aromatic N) is 1. The Hall–Kier alpha value is -0.750. The molecular formula is C17H28F2N2O2. The van der Waals surface area contributed by atoms with Gasteiger partial charge in [-0.2, -0.15) is 0 Å². The molecule has 0 aromatic rings. The predicted octanol–water partition coefficient (Wildman–Crippen LogP) is 2.31. The summed E-state index contributed by atoms with van der Waals surface area (Å²) in [5.41, 5.74) is 0. The summed E-state index contributed by atoms with van der Waals surface area (Å²) in [5, 5.41) is 13.6. The second-order valence-electron chi connectivity index (χ2n) is 7.48. The van der Waals surface area contributed by atoms with Gasteiger partial charge in [0.25, 0.3) is 0 Å². The molecule has 3 aliphatic rings. The number of alkyl halides is 2. The number of nitrogens with one attached hydrogen (secondary N) is 1. The lowest BCUT2D eigenvalue weighted by Gasteiger charge is -2.40. The Kier molecular flexibility index (Phi) is 5.21. The summed E-state index contributed by atoms with van der Waals surface area (Å²) in [6.45, 7) is 2.06. The van der Waals surface area contributed by atoms with E-state index in [1.54, 1.807) is 0 Å². The highest BCUT2D eigenvalue weighted by Gasteiger charge is 2.40. The number of carbonyl (C=O) groups is 1. The zero-order valence-corrected chi connectivity index (χ0v) is 13.6. The number of halogens is 2. The first-order valence-electron chi connectivity index (χ1n) is 9.07. The smallest absolute Gasteiger partial charge is 0.248 e. The summed E-state index contributed by atoms with van der Waals surface area (Å²) in [4.78, 5) is 14.7. The standard InChI is InChI=1S/C17H28F2N2O2/c18-17(19)8-6-12(7-9-17)16(23)20-13-4-3-5-14(15(13)22)21-10-1-2-11-21/h12-15,22H,1-11H2,(H,20,23)/t13-,14-,15-/m1/s1. The average molecular weight is 330 g/mol. The Labute approximate surface area is 136 Å². The van der Waals surface area contributed by atoms with E-state index < -0.39 is 12.0 Å². The molecule has 23 heavy (non-hydrogen) atoms.